The van der Waals surface area contributed by atoms with Gasteiger partial charge in [-0.05, 0) is 91.8 Å². The number of para-hydroxylation sites is 1. The molecule has 1 N–H and O–H groups in total. The smallest absolute Gasteiger partial charge is 0.0610 e. The van der Waals surface area contributed by atoms with Gasteiger partial charge in [-0.25, -0.2) is 0 Å². The first-order valence-corrected chi connectivity index (χ1v) is 15.2. The maximum atomic E-state index is 3.91. The zero-order valence-corrected chi connectivity index (χ0v) is 25.1. The van der Waals surface area contributed by atoms with Crippen LogP contribution in [0.4, 0.5) is 17.1 Å². The molecule has 1 aliphatic carbocycles. The van der Waals surface area contributed by atoms with Crippen LogP contribution in [0.5, 0.6) is 0 Å². The van der Waals surface area contributed by atoms with E-state index in [4.69, 9.17) is 0 Å². The number of nitrogens with one attached hydrogen (secondary N) is 1. The minimum atomic E-state index is -0.0772. The predicted octanol–water partition coefficient (Wildman–Crippen LogP) is 11.5. The van der Waals surface area contributed by atoms with Crippen molar-refractivity contribution in [3.63, 3.8) is 0 Å². The molecule has 6 aromatic carbocycles. The van der Waals surface area contributed by atoms with E-state index >= 15 is 0 Å². The zero-order chi connectivity index (χ0) is 28.4. The van der Waals surface area contributed by atoms with E-state index in [1.807, 2.05) is 0 Å². The number of nitrogens with zero attached hydrogens (tertiary/aromatic N) is 1. The molecule has 0 fully saturated rings. The van der Waals surface area contributed by atoms with Crippen LogP contribution in [-0.2, 0) is 5.41 Å². The molecule has 1 aliphatic rings. The Morgan fingerprint density at radius 2 is 1.21 bits per heavy atom. The summed E-state index contributed by atoms with van der Waals surface area (Å²) in [6.45, 7) is 4.68. The quantitative estimate of drug-likeness (QED) is 0.212. The Labute approximate surface area is 254 Å². The Hall–Kier alpha value is -4.60. The van der Waals surface area contributed by atoms with E-state index in [1.165, 1.54) is 44.2 Å². The van der Waals surface area contributed by atoms with Crippen LogP contribution in [0.25, 0.3) is 44.1 Å². The number of fused-ring (bicyclic) bond motifs is 6. The van der Waals surface area contributed by atoms with Crippen LogP contribution in [-0.4, -0.2) is 4.98 Å². The lowest BCUT2D eigenvalue weighted by molar-refractivity contribution is 0.660. The second kappa shape index (κ2) is 9.47. The molecule has 3 heteroatoms. The van der Waals surface area contributed by atoms with Crippen molar-refractivity contribution in [3.8, 4) is 22.3 Å². The summed E-state index contributed by atoms with van der Waals surface area (Å²) in [4.78, 5) is 6.00. The maximum absolute atomic E-state index is 3.91. The molecule has 0 bridgehead atoms. The molecule has 0 saturated heterocycles. The van der Waals surface area contributed by atoms with Crippen molar-refractivity contribution in [1.29, 1.82) is 0 Å². The molecule has 0 amide bonds. The van der Waals surface area contributed by atoms with Gasteiger partial charge in [-0.1, -0.05) is 105 Å². The molecule has 0 aliphatic heterocycles. The minimum absolute atomic E-state index is 0.0772. The van der Waals surface area contributed by atoms with Crippen molar-refractivity contribution in [2.75, 3.05) is 4.90 Å². The first-order valence-electron chi connectivity index (χ1n) is 14.4. The molecule has 0 radical (unpaired) electrons. The van der Waals surface area contributed by atoms with E-state index in [-0.39, 0.29) is 5.41 Å². The molecule has 202 valence electrons. The molecular formula is C39H29BrN2. The summed E-state index contributed by atoms with van der Waals surface area (Å²) < 4.78 is 1.05. The van der Waals surface area contributed by atoms with Crippen molar-refractivity contribution in [2.45, 2.75) is 19.3 Å². The van der Waals surface area contributed by atoms with E-state index in [0.29, 0.717) is 0 Å². The van der Waals surface area contributed by atoms with Crippen molar-refractivity contribution in [2.24, 2.45) is 0 Å². The third-order valence-corrected chi connectivity index (χ3v) is 9.49. The summed E-state index contributed by atoms with van der Waals surface area (Å²) in [5.74, 6) is 0. The second-order valence-electron chi connectivity index (χ2n) is 11.7. The van der Waals surface area contributed by atoms with Crippen LogP contribution < -0.4 is 4.90 Å². The molecule has 7 aromatic rings. The molecule has 42 heavy (non-hydrogen) atoms. The van der Waals surface area contributed by atoms with Crippen molar-refractivity contribution in [3.05, 3.63) is 149 Å². The molecule has 0 unspecified atom stereocenters. The Balaban J connectivity index is 1.33. The third-order valence-electron chi connectivity index (χ3n) is 8.87. The molecule has 0 spiro atoms. The van der Waals surface area contributed by atoms with Gasteiger partial charge in [0.25, 0.3) is 0 Å². The van der Waals surface area contributed by atoms with Crippen molar-refractivity contribution in [1.82, 2.24) is 4.98 Å². The van der Waals surface area contributed by atoms with Gasteiger partial charge in [0.1, 0.15) is 0 Å². The number of aromatic nitrogens is 1. The largest absolute Gasteiger partial charge is 0.354 e. The highest BCUT2D eigenvalue weighted by molar-refractivity contribution is 9.10. The average Bonchev–Trinajstić information content (AvgIpc) is 3.51. The van der Waals surface area contributed by atoms with Gasteiger partial charge in [0, 0.05) is 43.2 Å². The summed E-state index contributed by atoms with van der Waals surface area (Å²) in [7, 11) is 0. The number of hydrogen-bond donors (Lipinski definition) is 1. The maximum Gasteiger partial charge on any atom is 0.0610 e. The van der Waals surface area contributed by atoms with Crippen LogP contribution in [0.3, 0.4) is 0 Å². The third kappa shape index (κ3) is 3.84. The van der Waals surface area contributed by atoms with Crippen LogP contribution >= 0.6 is 15.9 Å². The highest BCUT2D eigenvalue weighted by atomic mass is 79.9. The summed E-state index contributed by atoms with van der Waals surface area (Å²) in [6, 6.07) is 48.4. The Morgan fingerprint density at radius 3 is 2.05 bits per heavy atom. The average molecular weight is 606 g/mol. The first kappa shape index (κ1) is 25.1. The number of aromatic amines is 1. The number of anilines is 3. The topological polar surface area (TPSA) is 19.0 Å². The molecule has 0 atom stereocenters. The highest BCUT2D eigenvalue weighted by Gasteiger charge is 2.35. The van der Waals surface area contributed by atoms with Gasteiger partial charge in [0.2, 0.25) is 0 Å². The van der Waals surface area contributed by atoms with Gasteiger partial charge < -0.3 is 9.88 Å². The van der Waals surface area contributed by atoms with Gasteiger partial charge in [-0.2, -0.15) is 0 Å². The van der Waals surface area contributed by atoms with Crippen LogP contribution in [0.2, 0.25) is 0 Å². The fraction of sp³-hybridized carbons (Fsp3) is 0.0769. The Bertz CT molecular complexity index is 2120. The fourth-order valence-electron chi connectivity index (χ4n) is 6.73. The Morgan fingerprint density at radius 1 is 0.548 bits per heavy atom. The fourth-order valence-corrected chi connectivity index (χ4v) is 7.28. The lowest BCUT2D eigenvalue weighted by atomic mass is 9.82. The van der Waals surface area contributed by atoms with E-state index in [0.717, 1.165) is 32.6 Å². The SMILES string of the molecule is CC1(C)c2ccccc2-c2ccc(N(c3ccc(-c4ccccc4)cc3)c3cc(Br)c4[nH]c5ccccc5c4c3)cc21. The normalized spacial score (nSPS) is 13.3. The Kier molecular flexibility index (Phi) is 5.67. The van der Waals surface area contributed by atoms with Gasteiger partial charge in [0.15, 0.2) is 0 Å². The summed E-state index contributed by atoms with van der Waals surface area (Å²) >= 11 is 3.91. The molecule has 0 saturated carbocycles. The van der Waals surface area contributed by atoms with E-state index in [2.05, 4.69) is 173 Å². The summed E-state index contributed by atoms with van der Waals surface area (Å²) in [6.07, 6.45) is 0. The van der Waals surface area contributed by atoms with E-state index in [1.54, 1.807) is 0 Å². The summed E-state index contributed by atoms with van der Waals surface area (Å²) in [5.41, 5.74) is 13.4. The number of hydrogen-bond acceptors (Lipinski definition) is 1. The van der Waals surface area contributed by atoms with E-state index in [9.17, 15) is 0 Å². The molecular weight excluding hydrogens is 576 g/mol. The number of halogens is 1. The standard InChI is InChI=1S/C39H29BrN2/c1-39(2)34-14-8-6-12-30(34)31-21-20-28(23-35(31)39)42(27-18-16-26(17-19-27)25-10-4-3-5-11-25)29-22-33-32-13-7-9-15-37(32)41-38(33)36(40)24-29/h3-24,41H,1-2H3. The van der Waals surface area contributed by atoms with Gasteiger partial charge in [-0.15, -0.1) is 0 Å². The van der Waals surface area contributed by atoms with Crippen molar-refractivity contribution < 1.29 is 0 Å². The molecule has 2 nitrogen and oxygen atoms in total. The lowest BCUT2D eigenvalue weighted by Gasteiger charge is -2.28. The first-order chi connectivity index (χ1) is 20.5. The number of H-pyrrole nitrogens is 1. The molecule has 1 aromatic heterocycles. The van der Waals surface area contributed by atoms with Gasteiger partial charge in [0.05, 0.1) is 5.52 Å². The van der Waals surface area contributed by atoms with E-state index < -0.39 is 0 Å². The highest BCUT2D eigenvalue weighted by Crippen LogP contribution is 2.51. The van der Waals surface area contributed by atoms with Crippen LogP contribution in [0.1, 0.15) is 25.0 Å². The molecule has 8 rings (SSSR count). The summed E-state index contributed by atoms with van der Waals surface area (Å²) in [5, 5.41) is 2.43. The van der Waals surface area contributed by atoms with Crippen molar-refractivity contribution >= 4 is 54.8 Å². The second-order valence-corrected chi connectivity index (χ2v) is 12.5. The van der Waals surface area contributed by atoms with Gasteiger partial charge >= 0.3 is 0 Å². The van der Waals surface area contributed by atoms with Crippen LogP contribution in [0.15, 0.2) is 138 Å². The molecule has 1 heterocycles. The number of rotatable bonds is 4. The van der Waals surface area contributed by atoms with Gasteiger partial charge in [-0.3, -0.25) is 0 Å². The zero-order valence-electron chi connectivity index (χ0n) is 23.5. The van der Waals surface area contributed by atoms with Crippen LogP contribution in [0, 0.1) is 0 Å². The monoisotopic (exact) mass is 604 g/mol. The predicted molar refractivity (Wildman–Crippen MR) is 181 cm³/mol. The number of benzene rings is 6. The minimum Gasteiger partial charge on any atom is -0.354 e. The lowest BCUT2D eigenvalue weighted by Crippen LogP contribution is -2.16.